The van der Waals surface area contributed by atoms with Gasteiger partial charge >= 0.3 is 0 Å². The van der Waals surface area contributed by atoms with Gasteiger partial charge in [0.1, 0.15) is 11.5 Å². The molecule has 0 N–H and O–H groups in total. The number of aromatic nitrogens is 2. The van der Waals surface area contributed by atoms with E-state index < -0.39 is 0 Å². The van der Waals surface area contributed by atoms with Crippen molar-refractivity contribution < 1.29 is 4.74 Å². The Morgan fingerprint density at radius 2 is 1.64 bits per heavy atom. The van der Waals surface area contributed by atoms with E-state index in [4.69, 9.17) is 4.74 Å². The molecule has 1 heterocycles. The minimum Gasteiger partial charge on any atom is -0.457 e. The molecule has 3 heteroatoms. The van der Waals surface area contributed by atoms with Gasteiger partial charge < -0.3 is 4.74 Å². The average molecular weight is 288 g/mol. The fraction of sp³-hybridized carbons (Fsp3) is 0.0526. The summed E-state index contributed by atoms with van der Waals surface area (Å²) < 4.78 is 5.78. The number of nitrogens with zero attached hydrogens (tertiary/aromatic N) is 2. The second kappa shape index (κ2) is 6.68. The molecule has 1 aromatic heterocycles. The van der Waals surface area contributed by atoms with Crippen LogP contribution in [0.1, 0.15) is 18.2 Å². The van der Waals surface area contributed by atoms with Gasteiger partial charge in [-0.1, -0.05) is 30.3 Å². The van der Waals surface area contributed by atoms with Crippen molar-refractivity contribution in [2.24, 2.45) is 0 Å². The second-order valence-electron chi connectivity index (χ2n) is 4.90. The summed E-state index contributed by atoms with van der Waals surface area (Å²) in [5.41, 5.74) is 3.06. The Labute approximate surface area is 130 Å². The third kappa shape index (κ3) is 3.58. The maximum Gasteiger partial charge on any atom is 0.127 e. The van der Waals surface area contributed by atoms with Crippen LogP contribution in [-0.2, 0) is 0 Å². The highest BCUT2D eigenvalue weighted by Crippen LogP contribution is 2.22. The van der Waals surface area contributed by atoms with Crippen LogP contribution in [0.2, 0.25) is 0 Å². The third-order valence-electron chi connectivity index (χ3n) is 3.21. The van der Waals surface area contributed by atoms with E-state index in [2.05, 4.69) is 16.0 Å². The van der Waals surface area contributed by atoms with Crippen molar-refractivity contribution in [1.82, 2.24) is 9.97 Å². The van der Waals surface area contributed by atoms with E-state index in [1.165, 1.54) is 0 Å². The highest BCUT2D eigenvalue weighted by Gasteiger charge is 1.99. The normalized spacial score (nSPS) is 11.2. The molecule has 0 saturated carbocycles. The molecule has 2 aromatic carbocycles. The van der Waals surface area contributed by atoms with Gasteiger partial charge in [0.25, 0.3) is 0 Å². The second-order valence-corrected chi connectivity index (χ2v) is 4.90. The molecule has 22 heavy (non-hydrogen) atoms. The van der Waals surface area contributed by atoms with E-state index in [0.29, 0.717) is 0 Å². The van der Waals surface area contributed by atoms with Crippen molar-refractivity contribution in [3.8, 4) is 11.5 Å². The van der Waals surface area contributed by atoms with Crippen LogP contribution in [0.25, 0.3) is 11.6 Å². The van der Waals surface area contributed by atoms with Crippen molar-refractivity contribution in [3.63, 3.8) is 0 Å². The molecular formula is C19H16N2O. The van der Waals surface area contributed by atoms with Gasteiger partial charge in [-0.3, -0.25) is 9.97 Å². The SMILES string of the molecule is C/C(=C/c1ccc(Oc2ccccc2)cc1)c1cnccn1. The van der Waals surface area contributed by atoms with Crippen LogP contribution in [0, 0.1) is 0 Å². The number of benzene rings is 2. The summed E-state index contributed by atoms with van der Waals surface area (Å²) >= 11 is 0. The van der Waals surface area contributed by atoms with E-state index in [9.17, 15) is 0 Å². The fourth-order valence-electron chi connectivity index (χ4n) is 2.08. The van der Waals surface area contributed by atoms with E-state index in [1.807, 2.05) is 61.5 Å². The Hall–Kier alpha value is -2.94. The summed E-state index contributed by atoms with van der Waals surface area (Å²) in [6, 6.07) is 17.7. The highest BCUT2D eigenvalue weighted by atomic mass is 16.5. The van der Waals surface area contributed by atoms with Crippen LogP contribution in [0.3, 0.4) is 0 Å². The summed E-state index contributed by atoms with van der Waals surface area (Å²) in [4.78, 5) is 8.38. The maximum absolute atomic E-state index is 5.78. The van der Waals surface area contributed by atoms with Crippen molar-refractivity contribution in [2.45, 2.75) is 6.92 Å². The fourth-order valence-corrected chi connectivity index (χ4v) is 2.08. The zero-order valence-corrected chi connectivity index (χ0v) is 12.3. The Balaban J connectivity index is 1.74. The molecule has 0 bridgehead atoms. The van der Waals surface area contributed by atoms with Gasteiger partial charge in [0.2, 0.25) is 0 Å². The zero-order valence-electron chi connectivity index (χ0n) is 12.3. The summed E-state index contributed by atoms with van der Waals surface area (Å²) in [6.45, 7) is 2.03. The number of rotatable bonds is 4. The smallest absolute Gasteiger partial charge is 0.127 e. The minimum atomic E-state index is 0.820. The molecule has 108 valence electrons. The molecule has 0 radical (unpaired) electrons. The summed E-state index contributed by atoms with van der Waals surface area (Å²) in [5.74, 6) is 1.65. The maximum atomic E-state index is 5.78. The van der Waals surface area contributed by atoms with Gasteiger partial charge in [0, 0.05) is 12.4 Å². The van der Waals surface area contributed by atoms with Gasteiger partial charge in [-0.15, -0.1) is 0 Å². The molecule has 3 rings (SSSR count). The predicted molar refractivity (Wildman–Crippen MR) is 88.5 cm³/mol. The Morgan fingerprint density at radius 3 is 2.32 bits per heavy atom. The quantitative estimate of drug-likeness (QED) is 0.689. The minimum absolute atomic E-state index is 0.820. The first-order valence-corrected chi connectivity index (χ1v) is 7.09. The van der Waals surface area contributed by atoms with E-state index in [-0.39, 0.29) is 0 Å². The van der Waals surface area contributed by atoms with Gasteiger partial charge in [-0.05, 0) is 48.4 Å². The van der Waals surface area contributed by atoms with E-state index in [1.54, 1.807) is 18.6 Å². The summed E-state index contributed by atoms with van der Waals surface area (Å²) in [6.07, 6.45) is 7.21. The van der Waals surface area contributed by atoms with Crippen LogP contribution in [-0.4, -0.2) is 9.97 Å². The van der Waals surface area contributed by atoms with Crippen LogP contribution in [0.15, 0.2) is 73.2 Å². The first-order valence-electron chi connectivity index (χ1n) is 7.09. The first kappa shape index (κ1) is 14.0. The molecule has 0 aliphatic carbocycles. The molecule has 0 unspecified atom stereocenters. The van der Waals surface area contributed by atoms with E-state index in [0.717, 1.165) is 28.3 Å². The molecule has 0 spiro atoms. The standard InChI is InChI=1S/C19H16N2O/c1-15(19-14-20-11-12-21-19)13-16-7-9-18(10-8-16)22-17-5-3-2-4-6-17/h2-14H,1H3/b15-13-. The Bertz CT molecular complexity index is 750. The molecule has 0 aliphatic heterocycles. The number of allylic oxidation sites excluding steroid dienone is 1. The van der Waals surface area contributed by atoms with Gasteiger partial charge in [0.15, 0.2) is 0 Å². The van der Waals surface area contributed by atoms with Crippen molar-refractivity contribution in [2.75, 3.05) is 0 Å². The number of hydrogen-bond donors (Lipinski definition) is 0. The molecule has 0 atom stereocenters. The largest absolute Gasteiger partial charge is 0.457 e. The van der Waals surface area contributed by atoms with Crippen molar-refractivity contribution >= 4 is 11.6 Å². The van der Waals surface area contributed by atoms with Crippen LogP contribution >= 0.6 is 0 Å². The van der Waals surface area contributed by atoms with Gasteiger partial charge in [0.05, 0.1) is 11.9 Å². The lowest BCUT2D eigenvalue weighted by Crippen LogP contribution is -1.87. The average Bonchev–Trinajstić information content (AvgIpc) is 2.58. The first-order chi connectivity index (χ1) is 10.8. The van der Waals surface area contributed by atoms with Gasteiger partial charge in [-0.25, -0.2) is 0 Å². The molecule has 0 saturated heterocycles. The summed E-state index contributed by atoms with van der Waals surface area (Å²) in [5, 5.41) is 0. The monoisotopic (exact) mass is 288 g/mol. The topological polar surface area (TPSA) is 35.0 Å². The molecule has 3 aromatic rings. The molecule has 3 nitrogen and oxygen atoms in total. The Morgan fingerprint density at radius 1 is 0.909 bits per heavy atom. The lowest BCUT2D eigenvalue weighted by atomic mass is 10.1. The molecule has 0 fully saturated rings. The zero-order chi connectivity index (χ0) is 15.2. The van der Waals surface area contributed by atoms with E-state index >= 15 is 0 Å². The number of hydrogen-bond acceptors (Lipinski definition) is 3. The highest BCUT2D eigenvalue weighted by molar-refractivity contribution is 5.78. The van der Waals surface area contributed by atoms with Crippen LogP contribution < -0.4 is 4.74 Å². The summed E-state index contributed by atoms with van der Waals surface area (Å²) in [7, 11) is 0. The Kier molecular flexibility index (Phi) is 4.25. The lowest BCUT2D eigenvalue weighted by Gasteiger charge is -2.06. The molecular weight excluding hydrogens is 272 g/mol. The van der Waals surface area contributed by atoms with Gasteiger partial charge in [-0.2, -0.15) is 0 Å². The third-order valence-corrected chi connectivity index (χ3v) is 3.21. The van der Waals surface area contributed by atoms with Crippen LogP contribution in [0.4, 0.5) is 0 Å². The van der Waals surface area contributed by atoms with Crippen LogP contribution in [0.5, 0.6) is 11.5 Å². The van der Waals surface area contributed by atoms with Crippen molar-refractivity contribution in [3.05, 3.63) is 84.4 Å². The van der Waals surface area contributed by atoms with Crippen molar-refractivity contribution in [1.29, 1.82) is 0 Å². The lowest BCUT2D eigenvalue weighted by molar-refractivity contribution is 0.482. The molecule has 0 aliphatic rings. The number of ether oxygens (including phenoxy) is 1. The number of para-hydroxylation sites is 1. The predicted octanol–water partition coefficient (Wildman–Crippen LogP) is 4.83. The molecule has 0 amide bonds.